The second-order valence-electron chi connectivity index (χ2n) is 5.62. The number of rotatable bonds is 4. The molecule has 1 fully saturated rings. The third kappa shape index (κ3) is 3.77. The van der Waals surface area contributed by atoms with E-state index in [0.29, 0.717) is 37.6 Å². The predicted molar refractivity (Wildman–Crippen MR) is 86.9 cm³/mol. The van der Waals surface area contributed by atoms with E-state index in [4.69, 9.17) is 0 Å². The smallest absolute Gasteiger partial charge is 0.243 e. The molecule has 3 rings (SSSR count). The van der Waals surface area contributed by atoms with Crippen molar-refractivity contribution < 1.29 is 12.8 Å². The fourth-order valence-corrected chi connectivity index (χ4v) is 4.16. The highest BCUT2D eigenvalue weighted by atomic mass is 32.2. The molecule has 23 heavy (non-hydrogen) atoms. The van der Waals surface area contributed by atoms with E-state index in [1.807, 2.05) is 0 Å². The minimum absolute atomic E-state index is 0.243. The Morgan fingerprint density at radius 2 is 1.48 bits per heavy atom. The maximum atomic E-state index is 12.9. The highest BCUT2D eigenvalue weighted by molar-refractivity contribution is 7.89. The van der Waals surface area contributed by atoms with Gasteiger partial charge < -0.3 is 0 Å². The van der Waals surface area contributed by atoms with Crippen LogP contribution in [0.5, 0.6) is 0 Å². The molecule has 0 amide bonds. The van der Waals surface area contributed by atoms with Crippen LogP contribution in [-0.4, -0.2) is 43.8 Å². The summed E-state index contributed by atoms with van der Waals surface area (Å²) >= 11 is 0. The van der Waals surface area contributed by atoms with Gasteiger partial charge in [0.1, 0.15) is 5.82 Å². The Morgan fingerprint density at radius 3 is 2.09 bits per heavy atom. The van der Waals surface area contributed by atoms with Gasteiger partial charge in [-0.2, -0.15) is 4.31 Å². The van der Waals surface area contributed by atoms with Crippen LogP contribution in [0.15, 0.2) is 59.5 Å². The Bertz CT molecular complexity index is 740. The highest BCUT2D eigenvalue weighted by Crippen LogP contribution is 2.18. The molecule has 2 aromatic carbocycles. The number of hydrogen-bond acceptors (Lipinski definition) is 3. The van der Waals surface area contributed by atoms with Crippen LogP contribution >= 0.6 is 0 Å². The second-order valence-corrected chi connectivity index (χ2v) is 7.56. The van der Waals surface area contributed by atoms with E-state index in [0.717, 1.165) is 5.56 Å². The Morgan fingerprint density at radius 1 is 0.870 bits per heavy atom. The molecule has 1 heterocycles. The van der Waals surface area contributed by atoms with E-state index in [1.54, 1.807) is 42.5 Å². The third-order valence-electron chi connectivity index (χ3n) is 4.03. The van der Waals surface area contributed by atoms with Gasteiger partial charge >= 0.3 is 0 Å². The quantitative estimate of drug-likeness (QED) is 0.862. The molecule has 0 atom stereocenters. The zero-order valence-corrected chi connectivity index (χ0v) is 13.5. The number of halogens is 1. The number of piperazine rings is 1. The maximum absolute atomic E-state index is 12.9. The molecule has 1 aliphatic heterocycles. The summed E-state index contributed by atoms with van der Waals surface area (Å²) in [6, 6.07) is 15.0. The van der Waals surface area contributed by atoms with Crippen molar-refractivity contribution in [3.8, 4) is 0 Å². The van der Waals surface area contributed by atoms with E-state index in [1.165, 1.54) is 16.4 Å². The lowest BCUT2D eigenvalue weighted by Gasteiger charge is -2.34. The van der Waals surface area contributed by atoms with Crippen molar-refractivity contribution in [1.82, 2.24) is 9.21 Å². The molecule has 0 N–H and O–H groups in total. The van der Waals surface area contributed by atoms with E-state index in [2.05, 4.69) is 4.90 Å². The van der Waals surface area contributed by atoms with Crippen molar-refractivity contribution in [2.45, 2.75) is 11.4 Å². The van der Waals surface area contributed by atoms with Crippen LogP contribution in [0.4, 0.5) is 4.39 Å². The Labute approximate surface area is 136 Å². The summed E-state index contributed by atoms with van der Waals surface area (Å²) in [4.78, 5) is 2.52. The third-order valence-corrected chi connectivity index (χ3v) is 5.94. The second kappa shape index (κ2) is 6.78. The molecule has 6 heteroatoms. The van der Waals surface area contributed by atoms with Crippen molar-refractivity contribution >= 4 is 10.0 Å². The number of sulfonamides is 1. The molecule has 2 aromatic rings. The number of hydrogen-bond donors (Lipinski definition) is 0. The van der Waals surface area contributed by atoms with E-state index in [9.17, 15) is 12.8 Å². The largest absolute Gasteiger partial charge is 0.296 e. The van der Waals surface area contributed by atoms with Crippen LogP contribution in [-0.2, 0) is 16.6 Å². The lowest BCUT2D eigenvalue weighted by Crippen LogP contribution is -2.48. The van der Waals surface area contributed by atoms with E-state index in [-0.39, 0.29) is 5.82 Å². The molecule has 0 radical (unpaired) electrons. The molecule has 1 saturated heterocycles. The lowest BCUT2D eigenvalue weighted by atomic mass is 10.2. The molecule has 0 bridgehead atoms. The average molecular weight is 334 g/mol. The van der Waals surface area contributed by atoms with Gasteiger partial charge in [0.2, 0.25) is 10.0 Å². The average Bonchev–Trinajstić information content (AvgIpc) is 2.58. The molecule has 0 aromatic heterocycles. The Balaban J connectivity index is 1.61. The van der Waals surface area contributed by atoms with Crippen LogP contribution in [0.3, 0.4) is 0 Å². The van der Waals surface area contributed by atoms with Crippen LogP contribution in [0.25, 0.3) is 0 Å². The van der Waals surface area contributed by atoms with Crippen molar-refractivity contribution in [1.29, 1.82) is 0 Å². The van der Waals surface area contributed by atoms with Gasteiger partial charge in [-0.1, -0.05) is 30.3 Å². The number of nitrogens with zero attached hydrogens (tertiary/aromatic N) is 2. The first-order valence-corrected chi connectivity index (χ1v) is 9.02. The Kier molecular flexibility index (Phi) is 4.75. The fraction of sp³-hybridized carbons (Fsp3) is 0.294. The van der Waals surface area contributed by atoms with Gasteiger partial charge in [0.25, 0.3) is 0 Å². The normalized spacial score (nSPS) is 17.3. The van der Waals surface area contributed by atoms with E-state index < -0.39 is 10.0 Å². The van der Waals surface area contributed by atoms with Crippen LogP contribution in [0.1, 0.15) is 5.56 Å². The predicted octanol–water partition coefficient (Wildman–Crippen LogP) is 2.33. The van der Waals surface area contributed by atoms with Crippen LogP contribution in [0.2, 0.25) is 0 Å². The van der Waals surface area contributed by atoms with Crippen molar-refractivity contribution in [2.75, 3.05) is 26.2 Å². The first kappa shape index (κ1) is 16.1. The summed E-state index contributed by atoms with van der Waals surface area (Å²) in [7, 11) is -3.41. The molecular formula is C17H19FN2O2S. The van der Waals surface area contributed by atoms with E-state index >= 15 is 0 Å². The molecule has 0 aliphatic carbocycles. The molecule has 1 aliphatic rings. The summed E-state index contributed by atoms with van der Waals surface area (Å²) < 4.78 is 39.6. The first-order valence-electron chi connectivity index (χ1n) is 7.58. The van der Waals surface area contributed by atoms with Gasteiger partial charge in [-0.15, -0.1) is 0 Å². The Hall–Kier alpha value is -1.76. The lowest BCUT2D eigenvalue weighted by molar-refractivity contribution is 0.181. The first-order chi connectivity index (χ1) is 11.1. The van der Waals surface area contributed by atoms with Gasteiger partial charge in [-0.3, -0.25) is 4.90 Å². The van der Waals surface area contributed by atoms with Gasteiger partial charge in [-0.05, 0) is 29.8 Å². The summed E-state index contributed by atoms with van der Waals surface area (Å²) in [6.45, 7) is 2.99. The van der Waals surface area contributed by atoms with Crippen molar-refractivity contribution in [2.24, 2.45) is 0 Å². The van der Waals surface area contributed by atoms with Gasteiger partial charge in [0.05, 0.1) is 4.90 Å². The molecule has 0 saturated carbocycles. The highest BCUT2D eigenvalue weighted by Gasteiger charge is 2.28. The van der Waals surface area contributed by atoms with Gasteiger partial charge in [-0.25, -0.2) is 12.8 Å². The molecule has 0 spiro atoms. The van der Waals surface area contributed by atoms with Crippen LogP contribution < -0.4 is 0 Å². The monoisotopic (exact) mass is 334 g/mol. The zero-order valence-electron chi connectivity index (χ0n) is 12.7. The van der Waals surface area contributed by atoms with Crippen molar-refractivity contribution in [3.05, 3.63) is 66.0 Å². The standard InChI is InChI=1S/C17H19FN2O2S/c18-16-8-6-15(7-9-16)14-19-10-12-20(13-11-19)23(21,22)17-4-2-1-3-5-17/h1-9H,10-14H2. The molecule has 0 unspecified atom stereocenters. The number of benzene rings is 2. The fourth-order valence-electron chi connectivity index (χ4n) is 2.72. The zero-order chi connectivity index (χ0) is 16.3. The summed E-state index contributed by atoms with van der Waals surface area (Å²) in [5.41, 5.74) is 1.03. The van der Waals surface area contributed by atoms with Gasteiger partial charge in [0.15, 0.2) is 0 Å². The summed E-state index contributed by atoms with van der Waals surface area (Å²) in [5, 5.41) is 0. The molecule has 4 nitrogen and oxygen atoms in total. The van der Waals surface area contributed by atoms with Crippen molar-refractivity contribution in [3.63, 3.8) is 0 Å². The van der Waals surface area contributed by atoms with Gasteiger partial charge in [0, 0.05) is 32.7 Å². The maximum Gasteiger partial charge on any atom is 0.243 e. The molecule has 122 valence electrons. The van der Waals surface area contributed by atoms with Crippen LogP contribution in [0, 0.1) is 5.82 Å². The summed E-state index contributed by atoms with van der Waals surface area (Å²) in [6.07, 6.45) is 0. The minimum Gasteiger partial charge on any atom is -0.296 e. The molecular weight excluding hydrogens is 315 g/mol. The minimum atomic E-state index is -3.41. The topological polar surface area (TPSA) is 40.6 Å². The SMILES string of the molecule is O=S(=O)(c1ccccc1)N1CCN(Cc2ccc(F)cc2)CC1. The summed E-state index contributed by atoms with van der Waals surface area (Å²) in [5.74, 6) is -0.243.